The van der Waals surface area contributed by atoms with Crippen LogP contribution in [0.2, 0.25) is 5.02 Å². The van der Waals surface area contributed by atoms with Crippen molar-refractivity contribution in [3.63, 3.8) is 0 Å². The second-order valence-corrected chi connectivity index (χ2v) is 7.05. The van der Waals surface area contributed by atoms with Crippen molar-refractivity contribution in [3.05, 3.63) is 64.9 Å². The summed E-state index contributed by atoms with van der Waals surface area (Å²) in [6.07, 6.45) is 0.682. The van der Waals surface area contributed by atoms with Crippen molar-refractivity contribution < 1.29 is 9.18 Å². The molecule has 0 radical (unpaired) electrons. The first-order chi connectivity index (χ1) is 13.0. The fraction of sp³-hybridized carbons (Fsp3) is 0.167. The number of nitrogens with two attached hydrogens (primary N) is 1. The highest BCUT2D eigenvalue weighted by molar-refractivity contribution is 7.99. The SMILES string of the molecule is Nn1c(SCC(=O)NCCc2cccc(Cl)c2)nnc1-c1ccccc1F. The second-order valence-electron chi connectivity index (χ2n) is 5.67. The highest BCUT2D eigenvalue weighted by Crippen LogP contribution is 2.23. The van der Waals surface area contributed by atoms with Crippen LogP contribution in [0.4, 0.5) is 4.39 Å². The van der Waals surface area contributed by atoms with Crippen LogP contribution in [0, 0.1) is 5.82 Å². The number of nitrogen functional groups attached to an aromatic ring is 1. The molecule has 0 spiro atoms. The van der Waals surface area contributed by atoms with Crippen LogP contribution >= 0.6 is 23.4 Å². The zero-order chi connectivity index (χ0) is 19.2. The molecular formula is C18H17ClFN5OS. The van der Waals surface area contributed by atoms with Gasteiger partial charge in [-0.25, -0.2) is 9.07 Å². The summed E-state index contributed by atoms with van der Waals surface area (Å²) >= 11 is 7.07. The largest absolute Gasteiger partial charge is 0.355 e. The Bertz CT molecular complexity index is 949. The normalized spacial score (nSPS) is 10.7. The van der Waals surface area contributed by atoms with Gasteiger partial charge in [-0.3, -0.25) is 4.79 Å². The van der Waals surface area contributed by atoms with Gasteiger partial charge in [0.15, 0.2) is 5.82 Å². The number of nitrogens with zero attached hydrogens (tertiary/aromatic N) is 3. The molecule has 0 unspecified atom stereocenters. The highest BCUT2D eigenvalue weighted by Gasteiger charge is 2.16. The van der Waals surface area contributed by atoms with Crippen LogP contribution in [0.3, 0.4) is 0 Å². The molecule has 2 aromatic carbocycles. The van der Waals surface area contributed by atoms with Crippen molar-refractivity contribution in [2.75, 3.05) is 18.1 Å². The van der Waals surface area contributed by atoms with Crippen molar-refractivity contribution in [2.24, 2.45) is 0 Å². The molecule has 27 heavy (non-hydrogen) atoms. The van der Waals surface area contributed by atoms with Crippen LogP contribution in [0.15, 0.2) is 53.7 Å². The molecule has 3 aromatic rings. The van der Waals surface area contributed by atoms with Gasteiger partial charge in [-0.1, -0.05) is 47.6 Å². The van der Waals surface area contributed by atoms with Crippen molar-refractivity contribution >= 4 is 29.3 Å². The number of nitrogens with one attached hydrogen (secondary N) is 1. The van der Waals surface area contributed by atoms with Gasteiger partial charge in [0.05, 0.1) is 11.3 Å². The van der Waals surface area contributed by atoms with E-state index in [4.69, 9.17) is 17.4 Å². The Morgan fingerprint density at radius 2 is 2.04 bits per heavy atom. The summed E-state index contributed by atoms with van der Waals surface area (Å²) < 4.78 is 15.0. The zero-order valence-electron chi connectivity index (χ0n) is 14.2. The third-order valence-electron chi connectivity index (χ3n) is 3.74. The average Bonchev–Trinajstić information content (AvgIpc) is 3.01. The molecule has 3 rings (SSSR count). The van der Waals surface area contributed by atoms with Gasteiger partial charge in [0, 0.05) is 11.6 Å². The summed E-state index contributed by atoms with van der Waals surface area (Å²) in [5, 5.41) is 11.7. The van der Waals surface area contributed by atoms with E-state index >= 15 is 0 Å². The number of amides is 1. The Kier molecular flexibility index (Phi) is 6.31. The van der Waals surface area contributed by atoms with Crippen LogP contribution in [-0.4, -0.2) is 33.1 Å². The Morgan fingerprint density at radius 3 is 2.81 bits per heavy atom. The van der Waals surface area contributed by atoms with Crippen molar-refractivity contribution in [3.8, 4) is 11.4 Å². The summed E-state index contributed by atoms with van der Waals surface area (Å²) in [5.41, 5.74) is 1.30. The molecule has 0 aliphatic carbocycles. The molecule has 1 heterocycles. The number of benzene rings is 2. The first-order valence-corrected chi connectivity index (χ1v) is 9.50. The van der Waals surface area contributed by atoms with Gasteiger partial charge in [0.2, 0.25) is 11.1 Å². The molecule has 1 aromatic heterocycles. The molecule has 0 aliphatic heterocycles. The maximum absolute atomic E-state index is 13.9. The average molecular weight is 406 g/mol. The third kappa shape index (κ3) is 4.99. The van der Waals surface area contributed by atoms with Crippen LogP contribution in [0.25, 0.3) is 11.4 Å². The number of rotatable bonds is 7. The Balaban J connectivity index is 1.51. The topological polar surface area (TPSA) is 85.8 Å². The second kappa shape index (κ2) is 8.88. The molecule has 140 valence electrons. The maximum atomic E-state index is 13.9. The maximum Gasteiger partial charge on any atom is 0.230 e. The molecule has 0 aliphatic rings. The predicted octanol–water partition coefficient (Wildman–Crippen LogP) is 2.90. The fourth-order valence-corrected chi connectivity index (χ4v) is 3.32. The minimum absolute atomic E-state index is 0.127. The molecule has 0 atom stereocenters. The summed E-state index contributed by atoms with van der Waals surface area (Å²) in [6, 6.07) is 13.7. The van der Waals surface area contributed by atoms with Gasteiger partial charge < -0.3 is 11.2 Å². The number of carbonyl (C=O) groups excluding carboxylic acids is 1. The smallest absolute Gasteiger partial charge is 0.230 e. The summed E-state index contributed by atoms with van der Waals surface area (Å²) in [7, 11) is 0. The first-order valence-electron chi connectivity index (χ1n) is 8.14. The van der Waals surface area contributed by atoms with Gasteiger partial charge in [0.25, 0.3) is 0 Å². The Hall–Kier alpha value is -2.58. The van der Waals surface area contributed by atoms with Crippen LogP contribution in [-0.2, 0) is 11.2 Å². The number of halogens is 2. The number of thioether (sulfide) groups is 1. The van der Waals surface area contributed by atoms with Crippen molar-refractivity contribution in [1.82, 2.24) is 20.2 Å². The molecule has 9 heteroatoms. The summed E-state index contributed by atoms with van der Waals surface area (Å²) in [4.78, 5) is 12.0. The lowest BCUT2D eigenvalue weighted by Crippen LogP contribution is -2.27. The standard InChI is InChI=1S/C18H17ClFN5OS/c19-13-5-3-4-12(10-13)8-9-22-16(26)11-27-18-24-23-17(25(18)21)14-6-1-2-7-15(14)20/h1-7,10H,8-9,11,21H2,(H,22,26). The van der Waals surface area contributed by atoms with Crippen LogP contribution < -0.4 is 11.2 Å². The van der Waals surface area contributed by atoms with Crippen molar-refractivity contribution in [1.29, 1.82) is 0 Å². The molecule has 0 saturated heterocycles. The third-order valence-corrected chi connectivity index (χ3v) is 4.91. The quantitative estimate of drug-likeness (QED) is 0.466. The molecule has 1 amide bonds. The van der Waals surface area contributed by atoms with Crippen LogP contribution in [0.1, 0.15) is 5.56 Å². The molecular weight excluding hydrogens is 389 g/mol. The molecule has 0 bridgehead atoms. The molecule has 3 N–H and O–H groups in total. The van der Waals surface area contributed by atoms with Crippen LogP contribution in [0.5, 0.6) is 0 Å². The number of hydrogen-bond donors (Lipinski definition) is 2. The van der Waals surface area contributed by atoms with E-state index in [9.17, 15) is 9.18 Å². The van der Waals surface area contributed by atoms with E-state index < -0.39 is 5.82 Å². The molecule has 0 saturated carbocycles. The van der Waals surface area contributed by atoms with E-state index in [2.05, 4.69) is 15.5 Å². The minimum atomic E-state index is -0.438. The zero-order valence-corrected chi connectivity index (χ0v) is 15.8. The predicted molar refractivity (Wildman–Crippen MR) is 104 cm³/mol. The van der Waals surface area contributed by atoms with E-state index in [1.165, 1.54) is 10.7 Å². The lowest BCUT2D eigenvalue weighted by molar-refractivity contribution is -0.118. The summed E-state index contributed by atoms with van der Waals surface area (Å²) in [5.74, 6) is 5.68. The van der Waals surface area contributed by atoms with E-state index in [-0.39, 0.29) is 23.0 Å². The number of aromatic nitrogens is 3. The van der Waals surface area contributed by atoms with Gasteiger partial charge >= 0.3 is 0 Å². The number of hydrogen-bond acceptors (Lipinski definition) is 5. The molecule has 0 fully saturated rings. The monoisotopic (exact) mass is 405 g/mol. The lowest BCUT2D eigenvalue weighted by Gasteiger charge is -2.06. The summed E-state index contributed by atoms with van der Waals surface area (Å²) in [6.45, 7) is 0.496. The van der Waals surface area contributed by atoms with Crippen molar-refractivity contribution in [2.45, 2.75) is 11.6 Å². The van der Waals surface area contributed by atoms with Gasteiger partial charge in [0.1, 0.15) is 5.82 Å². The van der Waals surface area contributed by atoms with Gasteiger partial charge in [-0.15, -0.1) is 10.2 Å². The van der Waals surface area contributed by atoms with E-state index in [1.807, 2.05) is 18.2 Å². The fourth-order valence-electron chi connectivity index (χ4n) is 2.42. The Morgan fingerprint density at radius 1 is 1.22 bits per heavy atom. The lowest BCUT2D eigenvalue weighted by atomic mass is 10.1. The highest BCUT2D eigenvalue weighted by atomic mass is 35.5. The first kappa shape index (κ1) is 19.2. The van der Waals surface area contributed by atoms with Gasteiger partial charge in [-0.05, 0) is 36.2 Å². The van der Waals surface area contributed by atoms with E-state index in [1.54, 1.807) is 24.3 Å². The number of carbonyl (C=O) groups is 1. The van der Waals surface area contributed by atoms with Gasteiger partial charge in [-0.2, -0.15) is 0 Å². The van der Waals surface area contributed by atoms with E-state index in [0.29, 0.717) is 23.1 Å². The Labute approximate surface area is 164 Å². The van der Waals surface area contributed by atoms with E-state index in [0.717, 1.165) is 17.3 Å². The molecule has 6 nitrogen and oxygen atoms in total. The minimum Gasteiger partial charge on any atom is -0.355 e.